The first kappa shape index (κ1) is 10.4. The third-order valence-corrected chi connectivity index (χ3v) is 2.74. The Morgan fingerprint density at radius 1 is 1.47 bits per heavy atom. The lowest BCUT2D eigenvalue weighted by Crippen LogP contribution is -2.22. The van der Waals surface area contributed by atoms with Crippen LogP contribution >= 0.6 is 15.9 Å². The zero-order chi connectivity index (χ0) is 10.8. The molecule has 0 atom stereocenters. The summed E-state index contributed by atoms with van der Waals surface area (Å²) in [5.74, 6) is 0. The minimum atomic E-state index is -0.0122. The Kier molecular flexibility index (Phi) is 2.86. The van der Waals surface area contributed by atoms with Crippen LogP contribution in [0, 0.1) is 0 Å². The summed E-state index contributed by atoms with van der Waals surface area (Å²) >= 11 is 3.37. The second kappa shape index (κ2) is 4.14. The van der Waals surface area contributed by atoms with Crippen LogP contribution in [-0.2, 0) is 6.54 Å². The molecule has 4 heteroatoms. The molecule has 0 bridgehead atoms. The van der Waals surface area contributed by atoms with E-state index in [2.05, 4.69) is 21.0 Å². The van der Waals surface area contributed by atoms with Crippen LogP contribution in [-0.4, -0.2) is 9.78 Å². The lowest BCUT2D eigenvalue weighted by Gasteiger charge is -2.03. The van der Waals surface area contributed by atoms with Crippen LogP contribution in [0.25, 0.3) is 10.8 Å². The van der Waals surface area contributed by atoms with Crippen molar-refractivity contribution in [3.63, 3.8) is 0 Å². The number of rotatable bonds is 2. The van der Waals surface area contributed by atoms with E-state index < -0.39 is 0 Å². The molecule has 0 aliphatic heterocycles. The summed E-state index contributed by atoms with van der Waals surface area (Å²) in [7, 11) is 0. The van der Waals surface area contributed by atoms with Crippen LogP contribution in [0.15, 0.2) is 33.7 Å². The molecule has 0 spiro atoms. The van der Waals surface area contributed by atoms with E-state index in [0.717, 1.165) is 21.7 Å². The van der Waals surface area contributed by atoms with Gasteiger partial charge in [0.1, 0.15) is 0 Å². The highest BCUT2D eigenvalue weighted by Crippen LogP contribution is 2.15. The molecule has 3 nitrogen and oxygen atoms in total. The van der Waals surface area contributed by atoms with Crippen molar-refractivity contribution in [1.29, 1.82) is 0 Å². The summed E-state index contributed by atoms with van der Waals surface area (Å²) in [6.45, 7) is 2.70. The number of nitrogens with zero attached hydrogens (tertiary/aromatic N) is 2. The SMILES string of the molecule is CCCn1ncc2cc(Br)ccc2c1=O. The minimum Gasteiger partial charge on any atom is -0.267 e. The maximum absolute atomic E-state index is 11.9. The van der Waals surface area contributed by atoms with Gasteiger partial charge in [-0.3, -0.25) is 4.79 Å². The molecule has 0 unspecified atom stereocenters. The first-order valence-electron chi connectivity index (χ1n) is 4.87. The molecule has 0 saturated heterocycles. The second-order valence-corrected chi connectivity index (χ2v) is 4.32. The molecule has 0 fully saturated rings. The summed E-state index contributed by atoms with van der Waals surface area (Å²) in [6, 6.07) is 5.61. The molecule has 0 amide bonds. The van der Waals surface area contributed by atoms with Crippen LogP contribution in [0.4, 0.5) is 0 Å². The van der Waals surface area contributed by atoms with E-state index in [-0.39, 0.29) is 5.56 Å². The van der Waals surface area contributed by atoms with E-state index in [4.69, 9.17) is 0 Å². The zero-order valence-electron chi connectivity index (χ0n) is 8.40. The van der Waals surface area contributed by atoms with Crippen molar-refractivity contribution in [1.82, 2.24) is 9.78 Å². The van der Waals surface area contributed by atoms with Crippen molar-refractivity contribution < 1.29 is 0 Å². The van der Waals surface area contributed by atoms with Crippen molar-refractivity contribution in [2.75, 3.05) is 0 Å². The van der Waals surface area contributed by atoms with Gasteiger partial charge in [-0.1, -0.05) is 22.9 Å². The third-order valence-electron chi connectivity index (χ3n) is 2.25. The Morgan fingerprint density at radius 2 is 2.27 bits per heavy atom. The molecule has 1 heterocycles. The first-order chi connectivity index (χ1) is 7.22. The Labute approximate surface area is 95.9 Å². The fourth-order valence-electron chi connectivity index (χ4n) is 1.53. The molecular weight excluding hydrogens is 256 g/mol. The number of hydrogen-bond donors (Lipinski definition) is 0. The van der Waals surface area contributed by atoms with Crippen LogP contribution < -0.4 is 5.56 Å². The van der Waals surface area contributed by atoms with Crippen LogP contribution in [0.5, 0.6) is 0 Å². The third kappa shape index (κ3) is 1.95. The normalized spacial score (nSPS) is 10.8. The number of fused-ring (bicyclic) bond motifs is 1. The van der Waals surface area contributed by atoms with E-state index in [0.29, 0.717) is 6.54 Å². The fourth-order valence-corrected chi connectivity index (χ4v) is 1.91. The highest BCUT2D eigenvalue weighted by Gasteiger charge is 2.03. The maximum atomic E-state index is 11.9. The van der Waals surface area contributed by atoms with Gasteiger partial charge in [0.2, 0.25) is 0 Å². The smallest absolute Gasteiger partial charge is 0.267 e. The number of hydrogen-bond acceptors (Lipinski definition) is 2. The lowest BCUT2D eigenvalue weighted by molar-refractivity contribution is 0.574. The molecule has 2 aromatic rings. The molecule has 0 aliphatic carbocycles. The van der Waals surface area contributed by atoms with Gasteiger partial charge in [0, 0.05) is 16.4 Å². The highest BCUT2D eigenvalue weighted by atomic mass is 79.9. The average Bonchev–Trinajstić information content (AvgIpc) is 2.22. The van der Waals surface area contributed by atoms with E-state index in [1.54, 1.807) is 6.20 Å². The van der Waals surface area contributed by atoms with Gasteiger partial charge >= 0.3 is 0 Å². The zero-order valence-corrected chi connectivity index (χ0v) is 9.99. The Bertz CT molecular complexity index is 548. The van der Waals surface area contributed by atoms with Crippen LogP contribution in [0.3, 0.4) is 0 Å². The van der Waals surface area contributed by atoms with Crippen molar-refractivity contribution in [3.8, 4) is 0 Å². The Balaban J connectivity index is 2.69. The molecule has 0 saturated carbocycles. The monoisotopic (exact) mass is 266 g/mol. The van der Waals surface area contributed by atoms with Crippen LogP contribution in [0.2, 0.25) is 0 Å². The molecular formula is C11H11BrN2O. The van der Waals surface area contributed by atoms with Gasteiger partial charge in [0.15, 0.2) is 0 Å². The number of benzene rings is 1. The van der Waals surface area contributed by atoms with Gasteiger partial charge in [-0.2, -0.15) is 5.10 Å². The van der Waals surface area contributed by atoms with E-state index in [1.807, 2.05) is 25.1 Å². The molecule has 1 aromatic heterocycles. The number of aromatic nitrogens is 2. The second-order valence-electron chi connectivity index (χ2n) is 3.40. The van der Waals surface area contributed by atoms with E-state index >= 15 is 0 Å². The predicted molar refractivity (Wildman–Crippen MR) is 64.0 cm³/mol. The lowest BCUT2D eigenvalue weighted by atomic mass is 10.2. The summed E-state index contributed by atoms with van der Waals surface area (Å²) in [5.41, 5.74) is -0.0122. The van der Waals surface area contributed by atoms with Gasteiger partial charge in [-0.15, -0.1) is 0 Å². The number of aryl methyl sites for hydroxylation is 1. The molecule has 0 radical (unpaired) electrons. The summed E-state index contributed by atoms with van der Waals surface area (Å²) in [5, 5.41) is 5.72. The maximum Gasteiger partial charge on any atom is 0.274 e. The molecule has 2 rings (SSSR count). The molecule has 1 aromatic carbocycles. The molecule has 15 heavy (non-hydrogen) atoms. The van der Waals surface area contributed by atoms with Crippen molar-refractivity contribution in [3.05, 3.63) is 39.2 Å². The van der Waals surface area contributed by atoms with E-state index in [1.165, 1.54) is 4.68 Å². The van der Waals surface area contributed by atoms with Gasteiger partial charge in [-0.05, 0) is 24.6 Å². The largest absolute Gasteiger partial charge is 0.274 e. The first-order valence-corrected chi connectivity index (χ1v) is 5.67. The molecule has 0 aliphatic rings. The fraction of sp³-hybridized carbons (Fsp3) is 0.273. The summed E-state index contributed by atoms with van der Waals surface area (Å²) in [6.07, 6.45) is 2.64. The van der Waals surface area contributed by atoms with Gasteiger partial charge < -0.3 is 0 Å². The van der Waals surface area contributed by atoms with Crippen molar-refractivity contribution >= 4 is 26.7 Å². The van der Waals surface area contributed by atoms with Gasteiger partial charge in [0.25, 0.3) is 5.56 Å². The molecule has 78 valence electrons. The molecule has 0 N–H and O–H groups in total. The predicted octanol–water partition coefficient (Wildman–Crippen LogP) is 2.57. The van der Waals surface area contributed by atoms with E-state index in [9.17, 15) is 4.79 Å². The van der Waals surface area contributed by atoms with Crippen LogP contribution in [0.1, 0.15) is 13.3 Å². The topological polar surface area (TPSA) is 34.9 Å². The standard InChI is InChI=1S/C11H11BrN2O/c1-2-5-14-11(15)10-4-3-9(12)6-8(10)7-13-14/h3-4,6-7H,2,5H2,1H3. The van der Waals surface area contributed by atoms with Gasteiger partial charge in [-0.25, -0.2) is 4.68 Å². The Hall–Kier alpha value is -1.16. The quantitative estimate of drug-likeness (QED) is 0.838. The Morgan fingerprint density at radius 3 is 3.00 bits per heavy atom. The van der Waals surface area contributed by atoms with Crippen molar-refractivity contribution in [2.24, 2.45) is 0 Å². The number of halogens is 1. The summed E-state index contributed by atoms with van der Waals surface area (Å²) < 4.78 is 2.47. The average molecular weight is 267 g/mol. The summed E-state index contributed by atoms with van der Waals surface area (Å²) in [4.78, 5) is 11.9. The highest BCUT2D eigenvalue weighted by molar-refractivity contribution is 9.10. The minimum absolute atomic E-state index is 0.0122. The van der Waals surface area contributed by atoms with Gasteiger partial charge in [0.05, 0.1) is 11.6 Å². The van der Waals surface area contributed by atoms with Crippen molar-refractivity contribution in [2.45, 2.75) is 19.9 Å².